The zero-order chi connectivity index (χ0) is 12.4. The lowest BCUT2D eigenvalue weighted by molar-refractivity contribution is 0.0342. The van der Waals surface area contributed by atoms with Crippen molar-refractivity contribution >= 4 is 0 Å². The molecule has 0 rings (SSSR count). The Bertz CT molecular complexity index is 267. The van der Waals surface area contributed by atoms with E-state index in [2.05, 4.69) is 5.32 Å². The van der Waals surface area contributed by atoms with Gasteiger partial charge in [0.15, 0.2) is 0 Å². The monoisotopic (exact) mass is 226 g/mol. The minimum atomic E-state index is 0.416. The maximum absolute atomic E-state index is 12.8. The van der Waals surface area contributed by atoms with Crippen LogP contribution in [0.5, 0.6) is 0 Å². The van der Waals surface area contributed by atoms with E-state index < -0.39 is 0 Å². The average molecular weight is 226 g/mol. The number of hydrogen-bond donors (Lipinski definition) is 1. The molecule has 0 heterocycles. The molecule has 0 bridgehead atoms. The highest BCUT2D eigenvalue weighted by atomic mass is 19.2. The van der Waals surface area contributed by atoms with Gasteiger partial charge in [0.1, 0.15) is 0 Å². The summed E-state index contributed by atoms with van der Waals surface area (Å²) < 4.78 is 12.8. The predicted octanol–water partition coefficient (Wildman–Crippen LogP) is 3.21. The van der Waals surface area contributed by atoms with Gasteiger partial charge in [0.25, 0.3) is 0 Å². The lowest BCUT2D eigenvalue weighted by Crippen LogP contribution is -2.26. The fourth-order valence-electron chi connectivity index (χ4n) is 1.10. The molecule has 0 radical (unpaired) electrons. The van der Waals surface area contributed by atoms with Crippen LogP contribution in [-0.2, 0) is 0 Å². The van der Waals surface area contributed by atoms with E-state index in [-0.39, 0.29) is 0 Å². The first kappa shape index (κ1) is 14.9. The first-order valence-corrected chi connectivity index (χ1v) is 5.73. The summed E-state index contributed by atoms with van der Waals surface area (Å²) in [6.45, 7) is 9.30. The van der Waals surface area contributed by atoms with Gasteiger partial charge in [-0.3, -0.25) is 0 Å². The van der Waals surface area contributed by atoms with Crippen molar-refractivity contribution in [1.29, 1.82) is 0 Å². The van der Waals surface area contributed by atoms with Crippen LogP contribution in [0.15, 0.2) is 35.6 Å². The zero-order valence-electron chi connectivity index (χ0n) is 10.8. The van der Waals surface area contributed by atoms with E-state index >= 15 is 0 Å². The highest BCUT2D eigenvalue weighted by Gasteiger charge is 1.98. The van der Waals surface area contributed by atoms with Crippen molar-refractivity contribution in [3.05, 3.63) is 35.6 Å². The maximum atomic E-state index is 12.8. The number of likely N-dealkylation sites (N-methyl/N-ethyl adjacent to an activating group) is 1. The maximum Gasteiger partial charge on any atom is 0.0463 e. The summed E-state index contributed by atoms with van der Waals surface area (Å²) in [6.07, 6.45) is 8.00. The van der Waals surface area contributed by atoms with E-state index in [1.807, 2.05) is 45.1 Å². The van der Waals surface area contributed by atoms with Gasteiger partial charge >= 0.3 is 0 Å². The molecule has 2 nitrogen and oxygen atoms in total. The molecule has 3 heteroatoms. The summed E-state index contributed by atoms with van der Waals surface area (Å²) in [5.41, 5.74) is 2.25. The van der Waals surface area contributed by atoms with Crippen molar-refractivity contribution in [3.63, 3.8) is 0 Å². The Morgan fingerprint density at radius 2 is 2.00 bits per heavy atom. The topological polar surface area (TPSA) is 15.3 Å². The number of hydrogen-bond acceptors (Lipinski definition) is 2. The second-order valence-corrected chi connectivity index (χ2v) is 3.62. The Hall–Kier alpha value is -1.09. The second kappa shape index (κ2) is 9.16. The van der Waals surface area contributed by atoms with E-state index in [9.17, 15) is 4.48 Å². The Balaban J connectivity index is 4.01. The van der Waals surface area contributed by atoms with Crippen LogP contribution in [0.1, 0.15) is 27.7 Å². The molecule has 16 heavy (non-hydrogen) atoms. The van der Waals surface area contributed by atoms with Crippen molar-refractivity contribution < 1.29 is 4.48 Å². The van der Waals surface area contributed by atoms with Crippen LogP contribution >= 0.6 is 0 Å². The smallest absolute Gasteiger partial charge is 0.0463 e. The molecule has 0 saturated heterocycles. The van der Waals surface area contributed by atoms with E-state index in [4.69, 9.17) is 0 Å². The van der Waals surface area contributed by atoms with Gasteiger partial charge in [0, 0.05) is 25.3 Å². The number of nitrogens with one attached hydrogen (secondary N) is 1. The molecule has 1 N–H and O–H groups in total. The summed E-state index contributed by atoms with van der Waals surface area (Å²) in [4.78, 5) is 0. The highest BCUT2D eigenvalue weighted by Crippen LogP contribution is 2.01. The minimum Gasteiger partial charge on any atom is -0.387 e. The first-order chi connectivity index (χ1) is 7.61. The van der Waals surface area contributed by atoms with Gasteiger partial charge < -0.3 is 5.32 Å². The van der Waals surface area contributed by atoms with Crippen LogP contribution in [0.4, 0.5) is 4.48 Å². The highest BCUT2D eigenvalue weighted by molar-refractivity contribution is 5.24. The van der Waals surface area contributed by atoms with Crippen LogP contribution in [0.25, 0.3) is 0 Å². The Labute approximate surface area is 98.5 Å². The van der Waals surface area contributed by atoms with Gasteiger partial charge in [-0.1, -0.05) is 24.3 Å². The molecule has 0 spiro atoms. The third-order valence-corrected chi connectivity index (χ3v) is 2.33. The first-order valence-electron chi connectivity index (χ1n) is 5.73. The fraction of sp³-hybridized carbons (Fsp3) is 0.538. The molecule has 92 valence electrons. The lowest BCUT2D eigenvalue weighted by Gasteiger charge is -2.12. The fourth-order valence-corrected chi connectivity index (χ4v) is 1.10. The molecule has 0 atom stereocenters. The van der Waals surface area contributed by atoms with Gasteiger partial charge in [-0.05, 0) is 33.3 Å². The van der Waals surface area contributed by atoms with Crippen molar-refractivity contribution in [3.8, 4) is 0 Å². The number of halogens is 1. The van der Waals surface area contributed by atoms with E-state index in [1.165, 1.54) is 5.57 Å². The molecule has 0 aliphatic carbocycles. The Morgan fingerprint density at radius 1 is 1.31 bits per heavy atom. The van der Waals surface area contributed by atoms with E-state index in [1.54, 1.807) is 6.92 Å². The van der Waals surface area contributed by atoms with Crippen LogP contribution in [-0.4, -0.2) is 24.8 Å². The van der Waals surface area contributed by atoms with Gasteiger partial charge in [-0.2, -0.15) is 0 Å². The van der Waals surface area contributed by atoms with E-state index in [0.29, 0.717) is 19.6 Å². The summed E-state index contributed by atoms with van der Waals surface area (Å²) in [5, 5.41) is 3.99. The van der Waals surface area contributed by atoms with Crippen molar-refractivity contribution in [1.82, 2.24) is 10.4 Å². The molecule has 0 aliphatic rings. The summed E-state index contributed by atoms with van der Waals surface area (Å²) in [6, 6.07) is 0. The Morgan fingerprint density at radius 3 is 2.56 bits per heavy atom. The normalized spacial score (nSPS) is 13.9. The minimum absolute atomic E-state index is 0.416. The SMILES string of the molecule is C\C=C/C=C\C(C)=C(/C)NCCN(F)CC. The van der Waals surface area contributed by atoms with Crippen LogP contribution in [0.2, 0.25) is 0 Å². The number of nitrogens with zero attached hydrogens (tertiary/aromatic N) is 1. The molecule has 0 saturated carbocycles. The standard InChI is InChI=1S/C13H23FN2/c1-5-7-8-9-12(3)13(4)15-10-11-16(14)6-2/h5,7-9,15H,6,10-11H2,1-4H3/b7-5-,9-8-,13-12+. The van der Waals surface area contributed by atoms with E-state index in [0.717, 1.165) is 10.8 Å². The van der Waals surface area contributed by atoms with Crippen molar-refractivity contribution in [2.24, 2.45) is 0 Å². The van der Waals surface area contributed by atoms with Crippen LogP contribution in [0, 0.1) is 0 Å². The quantitative estimate of drug-likeness (QED) is 0.529. The zero-order valence-corrected chi connectivity index (χ0v) is 10.8. The average Bonchev–Trinajstić information content (AvgIpc) is 2.28. The largest absolute Gasteiger partial charge is 0.387 e. The van der Waals surface area contributed by atoms with Gasteiger partial charge in [-0.25, -0.2) is 0 Å². The molecule has 0 aromatic carbocycles. The molecular weight excluding hydrogens is 203 g/mol. The van der Waals surface area contributed by atoms with Crippen LogP contribution < -0.4 is 5.32 Å². The lowest BCUT2D eigenvalue weighted by atomic mass is 10.2. The van der Waals surface area contributed by atoms with Gasteiger partial charge in [0.05, 0.1) is 0 Å². The predicted molar refractivity (Wildman–Crippen MR) is 68.7 cm³/mol. The van der Waals surface area contributed by atoms with Gasteiger partial charge in [0.2, 0.25) is 0 Å². The van der Waals surface area contributed by atoms with Crippen LogP contribution in [0.3, 0.4) is 0 Å². The summed E-state index contributed by atoms with van der Waals surface area (Å²) in [5.74, 6) is 0. The van der Waals surface area contributed by atoms with Gasteiger partial charge in [-0.15, -0.1) is 9.60 Å². The Kier molecular flexibility index (Phi) is 8.53. The molecule has 0 unspecified atom stereocenters. The third-order valence-electron chi connectivity index (χ3n) is 2.33. The molecule has 0 aliphatic heterocycles. The number of allylic oxidation sites excluding steroid dienone is 6. The number of rotatable bonds is 7. The van der Waals surface area contributed by atoms with Crippen molar-refractivity contribution in [2.45, 2.75) is 27.7 Å². The molecular formula is C13H23FN2. The molecule has 0 amide bonds. The molecule has 0 aromatic heterocycles. The molecule has 0 aromatic rings. The summed E-state index contributed by atoms with van der Waals surface area (Å²) >= 11 is 0. The summed E-state index contributed by atoms with van der Waals surface area (Å²) in [7, 11) is 0. The second-order valence-electron chi connectivity index (χ2n) is 3.62. The third kappa shape index (κ3) is 7.23. The molecule has 0 fully saturated rings. The van der Waals surface area contributed by atoms with Crippen molar-refractivity contribution in [2.75, 3.05) is 19.6 Å².